The average Bonchev–Trinajstić information content (AvgIpc) is 3.37. The first kappa shape index (κ1) is 18.3. The molecule has 0 atom stereocenters. The van der Waals surface area contributed by atoms with Gasteiger partial charge in [-0.15, -0.1) is 11.8 Å². The maximum Gasteiger partial charge on any atom is 0.317 e. The van der Waals surface area contributed by atoms with Crippen molar-refractivity contribution in [1.29, 1.82) is 0 Å². The second-order valence-corrected chi connectivity index (χ2v) is 7.30. The number of ether oxygens (including phenoxy) is 1. The number of benzene rings is 2. The number of aromatic nitrogens is 5. The van der Waals surface area contributed by atoms with Gasteiger partial charge in [0, 0.05) is 17.9 Å². The van der Waals surface area contributed by atoms with Crippen LogP contribution in [-0.4, -0.2) is 25.0 Å². The Labute approximate surface area is 168 Å². The molecule has 0 aliphatic carbocycles. The molecule has 4 aromatic rings. The van der Waals surface area contributed by atoms with E-state index in [1.54, 1.807) is 11.8 Å². The molecule has 2 heterocycles. The van der Waals surface area contributed by atoms with Crippen molar-refractivity contribution in [3.05, 3.63) is 72.2 Å². The van der Waals surface area contributed by atoms with E-state index in [4.69, 9.17) is 4.74 Å². The topological polar surface area (TPSA) is 68.6 Å². The molecule has 0 aliphatic rings. The number of aromatic amines is 1. The fourth-order valence-corrected chi connectivity index (χ4v) is 3.99. The highest BCUT2D eigenvalue weighted by atomic mass is 32.2. The first-order valence-corrected chi connectivity index (χ1v) is 10.1. The average molecular weight is 392 g/mol. The van der Waals surface area contributed by atoms with E-state index in [0.717, 1.165) is 39.9 Å². The highest BCUT2D eigenvalue weighted by Gasteiger charge is 2.18. The van der Waals surface area contributed by atoms with E-state index in [0.29, 0.717) is 6.01 Å². The van der Waals surface area contributed by atoms with Gasteiger partial charge in [-0.2, -0.15) is 15.2 Å². The van der Waals surface area contributed by atoms with Crippen molar-refractivity contribution in [2.75, 3.05) is 0 Å². The number of hydrogen-bond acceptors (Lipinski definition) is 5. The van der Waals surface area contributed by atoms with E-state index >= 15 is 0 Å². The second-order valence-electron chi connectivity index (χ2n) is 6.29. The van der Waals surface area contributed by atoms with E-state index in [1.807, 2.05) is 17.7 Å². The lowest BCUT2D eigenvalue weighted by Crippen LogP contribution is -2.01. The number of thioether (sulfide) groups is 1. The Kier molecular flexibility index (Phi) is 5.43. The third-order valence-electron chi connectivity index (χ3n) is 4.29. The van der Waals surface area contributed by atoms with Gasteiger partial charge in [0.2, 0.25) is 0 Å². The van der Waals surface area contributed by atoms with Crippen LogP contribution in [0, 0.1) is 6.92 Å². The second kappa shape index (κ2) is 8.31. The molecule has 0 aliphatic heterocycles. The van der Waals surface area contributed by atoms with Crippen molar-refractivity contribution in [2.45, 2.75) is 31.0 Å². The number of para-hydroxylation sites is 1. The third kappa shape index (κ3) is 3.94. The van der Waals surface area contributed by atoms with E-state index in [1.165, 1.54) is 11.9 Å². The van der Waals surface area contributed by atoms with E-state index in [9.17, 15) is 0 Å². The fourth-order valence-electron chi connectivity index (χ4n) is 3.02. The normalized spacial score (nSPS) is 10.9. The first-order chi connectivity index (χ1) is 13.7. The molecule has 0 saturated heterocycles. The summed E-state index contributed by atoms with van der Waals surface area (Å²) in [4.78, 5) is 5.17. The Bertz CT molecular complexity index is 1040. The largest absolute Gasteiger partial charge is 0.423 e. The van der Waals surface area contributed by atoms with Crippen LogP contribution in [0.3, 0.4) is 0 Å². The molecule has 0 spiro atoms. The zero-order valence-electron chi connectivity index (χ0n) is 15.8. The quantitative estimate of drug-likeness (QED) is 0.445. The summed E-state index contributed by atoms with van der Waals surface area (Å²) >= 11 is 1.73. The van der Waals surface area contributed by atoms with Gasteiger partial charge < -0.3 is 4.74 Å². The molecule has 4 rings (SSSR count). The molecule has 2 aromatic carbocycles. The maximum atomic E-state index is 6.14. The van der Waals surface area contributed by atoms with Crippen molar-refractivity contribution < 1.29 is 4.74 Å². The predicted octanol–water partition coefficient (Wildman–Crippen LogP) is 5.08. The van der Waals surface area contributed by atoms with E-state index < -0.39 is 0 Å². The summed E-state index contributed by atoms with van der Waals surface area (Å²) in [7, 11) is 0. The van der Waals surface area contributed by atoms with Gasteiger partial charge in [-0.1, -0.05) is 36.4 Å². The molecule has 1 N–H and O–H groups in total. The van der Waals surface area contributed by atoms with Crippen molar-refractivity contribution in [3.8, 4) is 23.0 Å². The number of rotatable bonds is 7. The Morgan fingerprint density at radius 3 is 2.71 bits per heavy atom. The van der Waals surface area contributed by atoms with Crippen molar-refractivity contribution in [1.82, 2.24) is 25.0 Å². The van der Waals surface area contributed by atoms with Gasteiger partial charge >= 0.3 is 6.01 Å². The summed E-state index contributed by atoms with van der Waals surface area (Å²) in [5, 5.41) is 11.3. The molecule has 28 heavy (non-hydrogen) atoms. The molecule has 6 nitrogen and oxygen atoms in total. The minimum atomic E-state index is 0.369. The van der Waals surface area contributed by atoms with Gasteiger partial charge in [0.05, 0.1) is 16.3 Å². The van der Waals surface area contributed by atoms with Gasteiger partial charge in [-0.3, -0.25) is 4.68 Å². The molecule has 7 heteroatoms. The standard InChI is InChI=1S/C21H21N5OS/c1-3-26-18(12-15(2)25-26)17-10-7-11-19(20(17)27-21-22-14-23-24-21)28-13-16-8-5-4-6-9-16/h4-12,14H,3,13H2,1-2H3,(H,22,23,24). The van der Waals surface area contributed by atoms with Crippen molar-refractivity contribution in [3.63, 3.8) is 0 Å². The Morgan fingerprint density at radius 2 is 1.96 bits per heavy atom. The van der Waals surface area contributed by atoms with Gasteiger partial charge in [0.25, 0.3) is 0 Å². The minimum absolute atomic E-state index is 0.369. The number of aryl methyl sites for hydroxylation is 2. The van der Waals surface area contributed by atoms with Crippen molar-refractivity contribution >= 4 is 11.8 Å². The molecule has 142 valence electrons. The molecular formula is C21H21N5OS. The maximum absolute atomic E-state index is 6.14. The minimum Gasteiger partial charge on any atom is -0.423 e. The summed E-state index contributed by atoms with van der Waals surface area (Å²) < 4.78 is 8.13. The lowest BCUT2D eigenvalue weighted by Gasteiger charge is -2.15. The van der Waals surface area contributed by atoms with Gasteiger partial charge in [-0.05, 0) is 37.6 Å². The van der Waals surface area contributed by atoms with Crippen LogP contribution in [0.1, 0.15) is 18.2 Å². The monoisotopic (exact) mass is 391 g/mol. The zero-order valence-corrected chi connectivity index (χ0v) is 16.6. The van der Waals surface area contributed by atoms with Crippen LogP contribution in [-0.2, 0) is 12.3 Å². The summed E-state index contributed by atoms with van der Waals surface area (Å²) in [6.45, 7) is 4.87. The molecule has 0 bridgehead atoms. The van der Waals surface area contributed by atoms with Crippen molar-refractivity contribution in [2.24, 2.45) is 0 Å². The number of nitrogens with zero attached hydrogens (tertiary/aromatic N) is 4. The summed E-state index contributed by atoms with van der Waals surface area (Å²) in [6.07, 6.45) is 1.44. The highest BCUT2D eigenvalue weighted by molar-refractivity contribution is 7.98. The number of hydrogen-bond donors (Lipinski definition) is 1. The zero-order chi connectivity index (χ0) is 19.3. The molecule has 0 radical (unpaired) electrons. The Morgan fingerprint density at radius 1 is 1.11 bits per heavy atom. The Hall–Kier alpha value is -3.06. The van der Waals surface area contributed by atoms with Gasteiger partial charge in [0.15, 0.2) is 5.75 Å². The van der Waals surface area contributed by atoms with Crippen LogP contribution in [0.5, 0.6) is 11.8 Å². The number of nitrogens with one attached hydrogen (secondary N) is 1. The van der Waals surface area contributed by atoms with Crippen LogP contribution in [0.4, 0.5) is 0 Å². The van der Waals surface area contributed by atoms with Gasteiger partial charge in [-0.25, -0.2) is 5.10 Å². The molecular weight excluding hydrogens is 370 g/mol. The van der Waals surface area contributed by atoms with Crippen LogP contribution in [0.15, 0.2) is 65.8 Å². The van der Waals surface area contributed by atoms with Crippen LogP contribution >= 0.6 is 11.8 Å². The summed E-state index contributed by atoms with van der Waals surface area (Å²) in [6, 6.07) is 19.0. The van der Waals surface area contributed by atoms with Crippen LogP contribution in [0.2, 0.25) is 0 Å². The van der Waals surface area contributed by atoms with Crippen LogP contribution in [0.25, 0.3) is 11.3 Å². The van der Waals surface area contributed by atoms with Crippen LogP contribution < -0.4 is 4.74 Å². The smallest absolute Gasteiger partial charge is 0.317 e. The molecule has 0 fully saturated rings. The summed E-state index contributed by atoms with van der Waals surface area (Å²) in [5.41, 5.74) is 4.25. The Balaban J connectivity index is 1.74. The third-order valence-corrected chi connectivity index (χ3v) is 5.40. The lowest BCUT2D eigenvalue weighted by atomic mass is 10.1. The van der Waals surface area contributed by atoms with Gasteiger partial charge in [0.1, 0.15) is 6.33 Å². The predicted molar refractivity (Wildman–Crippen MR) is 111 cm³/mol. The SMILES string of the molecule is CCn1nc(C)cc1-c1cccc(SCc2ccccc2)c1Oc1ncn[nH]1. The molecule has 2 aromatic heterocycles. The lowest BCUT2D eigenvalue weighted by molar-refractivity contribution is 0.435. The molecule has 0 amide bonds. The first-order valence-electron chi connectivity index (χ1n) is 9.12. The molecule has 0 unspecified atom stereocenters. The molecule has 0 saturated carbocycles. The highest BCUT2D eigenvalue weighted by Crippen LogP contribution is 2.41. The summed E-state index contributed by atoms with van der Waals surface area (Å²) in [5.74, 6) is 1.61. The fraction of sp³-hybridized carbons (Fsp3) is 0.190. The van der Waals surface area contributed by atoms with E-state index in [-0.39, 0.29) is 0 Å². The van der Waals surface area contributed by atoms with E-state index in [2.05, 4.69) is 75.7 Å². The number of H-pyrrole nitrogens is 1.